The molecule has 7 heteroatoms. The van der Waals surface area contributed by atoms with Gasteiger partial charge in [0.25, 0.3) is 0 Å². The molecule has 3 heterocycles. The predicted molar refractivity (Wildman–Crippen MR) is 115 cm³/mol. The Morgan fingerprint density at radius 3 is 2.89 bits per heavy atom. The maximum atomic E-state index is 13.4. The van der Waals surface area contributed by atoms with E-state index in [1.807, 2.05) is 13.0 Å². The fourth-order valence-corrected chi connectivity index (χ4v) is 5.99. The highest BCUT2D eigenvalue weighted by Gasteiger charge is 2.23. The van der Waals surface area contributed by atoms with Gasteiger partial charge in [-0.1, -0.05) is 6.07 Å². The van der Waals surface area contributed by atoms with Crippen molar-refractivity contribution in [1.82, 2.24) is 9.88 Å². The first kappa shape index (κ1) is 19.5. The molecular formula is C21H24FN3OS2. The quantitative estimate of drug-likeness (QED) is 0.622. The third-order valence-corrected chi connectivity index (χ3v) is 7.52. The lowest BCUT2D eigenvalue weighted by Gasteiger charge is -2.31. The molecule has 0 saturated carbocycles. The number of anilines is 1. The fourth-order valence-electron chi connectivity index (χ4n) is 3.93. The Hall–Kier alpha value is -1.83. The van der Waals surface area contributed by atoms with Crippen LogP contribution in [0, 0.1) is 12.7 Å². The van der Waals surface area contributed by atoms with Gasteiger partial charge in [0, 0.05) is 23.0 Å². The van der Waals surface area contributed by atoms with Crippen LogP contribution in [0.15, 0.2) is 23.6 Å². The number of amides is 1. The number of thiazole rings is 1. The minimum Gasteiger partial charge on any atom is -0.303 e. The number of aryl methyl sites for hydroxylation is 1. The summed E-state index contributed by atoms with van der Waals surface area (Å²) >= 11 is 3.23. The van der Waals surface area contributed by atoms with Gasteiger partial charge in [0.05, 0.1) is 5.69 Å². The average molecular weight is 418 g/mol. The minimum atomic E-state index is -0.157. The average Bonchev–Trinajstić information content (AvgIpc) is 3.22. The van der Waals surface area contributed by atoms with Crippen molar-refractivity contribution in [2.24, 2.45) is 0 Å². The number of fused-ring (bicyclic) bond motifs is 1. The van der Waals surface area contributed by atoms with E-state index < -0.39 is 0 Å². The van der Waals surface area contributed by atoms with Crippen molar-refractivity contribution < 1.29 is 9.18 Å². The van der Waals surface area contributed by atoms with Crippen molar-refractivity contribution in [3.8, 4) is 0 Å². The van der Waals surface area contributed by atoms with E-state index in [1.165, 1.54) is 22.8 Å². The minimum absolute atomic E-state index is 0.0777. The molecular weight excluding hydrogens is 393 g/mol. The second kappa shape index (κ2) is 8.27. The van der Waals surface area contributed by atoms with Crippen molar-refractivity contribution in [3.63, 3.8) is 0 Å². The number of nitrogens with zero attached hydrogens (tertiary/aromatic N) is 2. The smallest absolute Gasteiger partial charge is 0.223 e. The molecule has 0 spiro atoms. The summed E-state index contributed by atoms with van der Waals surface area (Å²) in [5, 5.41) is 6.90. The molecule has 4 nitrogen and oxygen atoms in total. The molecule has 1 amide bonds. The third-order valence-electron chi connectivity index (χ3n) is 5.43. The molecule has 1 aliphatic rings. The van der Waals surface area contributed by atoms with Crippen molar-refractivity contribution in [3.05, 3.63) is 45.5 Å². The summed E-state index contributed by atoms with van der Waals surface area (Å²) in [4.78, 5) is 19.4. The highest BCUT2D eigenvalue weighted by Crippen LogP contribution is 2.37. The molecule has 0 aliphatic carbocycles. The number of carbonyl (C=O) groups excluding carboxylic acids is 1. The van der Waals surface area contributed by atoms with E-state index in [4.69, 9.17) is 0 Å². The normalized spacial score (nSPS) is 16.0. The molecule has 1 N–H and O–H groups in total. The van der Waals surface area contributed by atoms with Gasteiger partial charge < -0.3 is 10.2 Å². The summed E-state index contributed by atoms with van der Waals surface area (Å²) in [6.45, 7) is 6.70. The molecule has 1 aromatic carbocycles. The summed E-state index contributed by atoms with van der Waals surface area (Å²) in [6.07, 6.45) is 3.25. The lowest BCUT2D eigenvalue weighted by atomic mass is 9.89. The number of piperidine rings is 1. The van der Waals surface area contributed by atoms with Gasteiger partial charge >= 0.3 is 0 Å². The maximum Gasteiger partial charge on any atom is 0.223 e. The zero-order chi connectivity index (χ0) is 19.7. The van der Waals surface area contributed by atoms with Crippen LogP contribution in [0.1, 0.15) is 41.8 Å². The van der Waals surface area contributed by atoms with Crippen LogP contribution in [-0.4, -0.2) is 35.4 Å². The second-order valence-electron chi connectivity index (χ2n) is 7.41. The van der Waals surface area contributed by atoms with E-state index in [1.54, 1.807) is 34.8 Å². The molecule has 0 bridgehead atoms. The summed E-state index contributed by atoms with van der Waals surface area (Å²) in [5.74, 6) is 0.328. The summed E-state index contributed by atoms with van der Waals surface area (Å²) in [7, 11) is 0. The number of nitrogens with one attached hydrogen (secondary N) is 1. The fraction of sp³-hybridized carbons (Fsp3) is 0.429. The number of hydrogen-bond donors (Lipinski definition) is 1. The first-order chi connectivity index (χ1) is 13.5. The molecule has 4 rings (SSSR count). The summed E-state index contributed by atoms with van der Waals surface area (Å²) < 4.78 is 14.5. The van der Waals surface area contributed by atoms with Crippen molar-refractivity contribution in [2.45, 2.75) is 39.0 Å². The van der Waals surface area contributed by atoms with E-state index in [0.717, 1.165) is 49.3 Å². The lowest BCUT2D eigenvalue weighted by Crippen LogP contribution is -2.34. The number of benzene rings is 1. The molecule has 0 radical (unpaired) electrons. The van der Waals surface area contributed by atoms with Crippen LogP contribution < -0.4 is 5.32 Å². The number of thiophene rings is 1. The Morgan fingerprint density at radius 1 is 1.36 bits per heavy atom. The van der Waals surface area contributed by atoms with Crippen LogP contribution in [0.2, 0.25) is 0 Å². The number of aromatic nitrogens is 1. The van der Waals surface area contributed by atoms with Gasteiger partial charge in [-0.05, 0) is 73.7 Å². The van der Waals surface area contributed by atoms with E-state index >= 15 is 0 Å². The maximum absolute atomic E-state index is 13.4. The monoisotopic (exact) mass is 417 g/mol. The molecule has 1 saturated heterocycles. The standard InChI is InChI=1S/C21H24FN3OS2/c1-13-19(28-21(23-13)24-14(2)26)7-10-25-8-5-15(6-9-25)18-12-27-20-11-16(22)3-4-17(18)20/h3-4,11-12,15H,5-10H2,1-2H3,(H,23,24,26). The van der Waals surface area contributed by atoms with Crippen LogP contribution in [-0.2, 0) is 11.2 Å². The predicted octanol–water partition coefficient (Wildman–Crippen LogP) is 5.19. The molecule has 2 aromatic heterocycles. The Kier molecular flexibility index (Phi) is 5.75. The Morgan fingerprint density at radius 2 is 2.14 bits per heavy atom. The molecule has 0 atom stereocenters. The largest absolute Gasteiger partial charge is 0.303 e. The number of halogens is 1. The van der Waals surface area contributed by atoms with Gasteiger partial charge in [0.15, 0.2) is 5.13 Å². The lowest BCUT2D eigenvalue weighted by molar-refractivity contribution is -0.114. The van der Waals surface area contributed by atoms with Crippen molar-refractivity contribution >= 4 is 43.8 Å². The van der Waals surface area contributed by atoms with Crippen LogP contribution in [0.4, 0.5) is 9.52 Å². The van der Waals surface area contributed by atoms with Gasteiger partial charge in [-0.3, -0.25) is 4.79 Å². The zero-order valence-corrected chi connectivity index (χ0v) is 17.8. The molecule has 3 aromatic rings. The zero-order valence-electron chi connectivity index (χ0n) is 16.1. The van der Waals surface area contributed by atoms with Gasteiger partial charge in [-0.2, -0.15) is 0 Å². The van der Waals surface area contributed by atoms with E-state index in [2.05, 4.69) is 20.6 Å². The van der Waals surface area contributed by atoms with E-state index in [-0.39, 0.29) is 11.7 Å². The number of rotatable bonds is 5. The van der Waals surface area contributed by atoms with Crippen LogP contribution >= 0.6 is 22.7 Å². The number of hydrogen-bond acceptors (Lipinski definition) is 5. The summed E-state index contributed by atoms with van der Waals surface area (Å²) in [6, 6.07) is 5.15. The molecule has 0 unspecified atom stereocenters. The molecule has 1 aliphatic heterocycles. The Bertz CT molecular complexity index is 989. The van der Waals surface area contributed by atoms with Crippen LogP contribution in [0.25, 0.3) is 10.1 Å². The Balaban J connectivity index is 1.33. The molecule has 148 valence electrons. The number of likely N-dealkylation sites (tertiary alicyclic amines) is 1. The first-order valence-electron chi connectivity index (χ1n) is 9.62. The van der Waals surface area contributed by atoms with E-state index in [9.17, 15) is 9.18 Å². The number of carbonyl (C=O) groups is 1. The van der Waals surface area contributed by atoms with Gasteiger partial charge in [0.2, 0.25) is 5.91 Å². The highest BCUT2D eigenvalue weighted by atomic mass is 32.1. The van der Waals surface area contributed by atoms with Gasteiger partial charge in [-0.15, -0.1) is 22.7 Å². The van der Waals surface area contributed by atoms with Gasteiger partial charge in [0.1, 0.15) is 5.82 Å². The van der Waals surface area contributed by atoms with Crippen molar-refractivity contribution in [1.29, 1.82) is 0 Å². The summed E-state index contributed by atoms with van der Waals surface area (Å²) in [5.41, 5.74) is 2.40. The van der Waals surface area contributed by atoms with Gasteiger partial charge in [-0.25, -0.2) is 9.37 Å². The third kappa shape index (κ3) is 4.26. The highest BCUT2D eigenvalue weighted by molar-refractivity contribution is 7.17. The molecule has 1 fully saturated rings. The van der Waals surface area contributed by atoms with E-state index in [0.29, 0.717) is 11.0 Å². The van der Waals surface area contributed by atoms with Crippen LogP contribution in [0.3, 0.4) is 0 Å². The van der Waals surface area contributed by atoms with Crippen molar-refractivity contribution in [2.75, 3.05) is 25.0 Å². The molecule has 28 heavy (non-hydrogen) atoms. The second-order valence-corrected chi connectivity index (χ2v) is 9.40. The van der Waals surface area contributed by atoms with Crippen LogP contribution in [0.5, 0.6) is 0 Å². The SMILES string of the molecule is CC(=O)Nc1nc(C)c(CCN2CCC(c3csc4cc(F)ccc34)CC2)s1. The topological polar surface area (TPSA) is 45.2 Å². The Labute approximate surface area is 172 Å². The first-order valence-corrected chi connectivity index (χ1v) is 11.3.